The second-order valence-corrected chi connectivity index (χ2v) is 8.01. The van der Waals surface area contributed by atoms with Gasteiger partial charge in [0.2, 0.25) is 0 Å². The van der Waals surface area contributed by atoms with Gasteiger partial charge >= 0.3 is 18.3 Å². The summed E-state index contributed by atoms with van der Waals surface area (Å²) >= 11 is 0. The first-order valence-corrected chi connectivity index (χ1v) is 9.80. The summed E-state index contributed by atoms with van der Waals surface area (Å²) in [6.45, 7) is 0.545. The lowest BCUT2D eigenvalue weighted by atomic mass is 9.82. The largest absolute Gasteiger partial charge is 0.481 e. The van der Waals surface area contributed by atoms with Crippen molar-refractivity contribution in [2.75, 3.05) is 13.1 Å². The number of alkyl halides is 6. The molecule has 32 heavy (non-hydrogen) atoms. The van der Waals surface area contributed by atoms with Gasteiger partial charge in [-0.15, -0.1) is 0 Å². The standard InChI is InChI=1S/C22H20F7NO2/c23-19-9-18(22(27,28)29)6-3-15(19)11-30-10-13(8-20(31)32)7-16(12-30)14-1-4-17(5-2-14)21(24,25)26/h1-6,9,13,16H,7-8,10-12H2,(H,31,32)/t13-,16+/m1/s1. The van der Waals surface area contributed by atoms with Gasteiger partial charge in [-0.2, -0.15) is 26.3 Å². The summed E-state index contributed by atoms with van der Waals surface area (Å²) in [5, 5.41) is 9.17. The highest BCUT2D eigenvalue weighted by Crippen LogP contribution is 2.36. The molecule has 1 fully saturated rings. The summed E-state index contributed by atoms with van der Waals surface area (Å²) in [7, 11) is 0. The van der Waals surface area contributed by atoms with Gasteiger partial charge in [0.1, 0.15) is 5.82 Å². The van der Waals surface area contributed by atoms with Gasteiger partial charge in [0.05, 0.1) is 11.1 Å². The maximum Gasteiger partial charge on any atom is 0.416 e. The molecule has 0 amide bonds. The van der Waals surface area contributed by atoms with E-state index in [1.54, 1.807) is 4.90 Å². The van der Waals surface area contributed by atoms with Crippen LogP contribution in [0.1, 0.15) is 41.0 Å². The van der Waals surface area contributed by atoms with Crippen LogP contribution in [0.2, 0.25) is 0 Å². The van der Waals surface area contributed by atoms with E-state index < -0.39 is 35.3 Å². The number of carboxylic acids is 1. The molecule has 10 heteroatoms. The average molecular weight is 463 g/mol. The Morgan fingerprint density at radius 3 is 2.06 bits per heavy atom. The normalized spacial score (nSPS) is 20.3. The molecular formula is C22H20F7NO2. The minimum atomic E-state index is -4.68. The van der Waals surface area contributed by atoms with Gasteiger partial charge < -0.3 is 5.11 Å². The molecule has 0 spiro atoms. The summed E-state index contributed by atoms with van der Waals surface area (Å²) in [6.07, 6.45) is -8.92. The molecule has 0 aromatic heterocycles. The third kappa shape index (κ3) is 5.99. The van der Waals surface area contributed by atoms with Crippen molar-refractivity contribution in [2.24, 2.45) is 5.92 Å². The number of hydrogen-bond donors (Lipinski definition) is 1. The van der Waals surface area contributed by atoms with Gasteiger partial charge in [0.15, 0.2) is 0 Å². The van der Waals surface area contributed by atoms with Crippen LogP contribution in [0.3, 0.4) is 0 Å². The highest BCUT2D eigenvalue weighted by molar-refractivity contribution is 5.67. The van der Waals surface area contributed by atoms with E-state index in [1.165, 1.54) is 12.1 Å². The van der Waals surface area contributed by atoms with E-state index in [9.17, 15) is 35.5 Å². The molecule has 1 N–H and O–H groups in total. The molecule has 2 atom stereocenters. The van der Waals surface area contributed by atoms with Crippen LogP contribution < -0.4 is 0 Å². The molecular weight excluding hydrogens is 443 g/mol. The van der Waals surface area contributed by atoms with Crippen LogP contribution in [-0.4, -0.2) is 29.1 Å². The molecule has 1 heterocycles. The van der Waals surface area contributed by atoms with Crippen LogP contribution in [0, 0.1) is 11.7 Å². The fourth-order valence-corrected chi connectivity index (χ4v) is 4.11. The molecule has 3 rings (SSSR count). The highest BCUT2D eigenvalue weighted by Gasteiger charge is 2.34. The second-order valence-electron chi connectivity index (χ2n) is 8.01. The van der Waals surface area contributed by atoms with Crippen LogP contribution in [-0.2, 0) is 23.7 Å². The Morgan fingerprint density at radius 2 is 1.53 bits per heavy atom. The molecule has 0 aliphatic carbocycles. The third-order valence-corrected chi connectivity index (χ3v) is 5.56. The Labute approximate surface area is 179 Å². The lowest BCUT2D eigenvalue weighted by Crippen LogP contribution is -2.40. The van der Waals surface area contributed by atoms with Gasteiger partial charge in [-0.1, -0.05) is 18.2 Å². The fourth-order valence-electron chi connectivity index (χ4n) is 4.11. The van der Waals surface area contributed by atoms with Crippen LogP contribution in [0.4, 0.5) is 30.7 Å². The smallest absolute Gasteiger partial charge is 0.416 e. The van der Waals surface area contributed by atoms with Crippen molar-refractivity contribution >= 4 is 5.97 Å². The summed E-state index contributed by atoms with van der Waals surface area (Å²) in [4.78, 5) is 12.9. The van der Waals surface area contributed by atoms with Gasteiger partial charge in [-0.25, -0.2) is 4.39 Å². The Morgan fingerprint density at radius 1 is 0.938 bits per heavy atom. The Bertz CT molecular complexity index is 954. The molecule has 1 saturated heterocycles. The Balaban J connectivity index is 1.81. The number of halogens is 7. The molecule has 3 nitrogen and oxygen atoms in total. The summed E-state index contributed by atoms with van der Waals surface area (Å²) in [6, 6.07) is 6.84. The lowest BCUT2D eigenvalue weighted by molar-refractivity contribution is -0.139. The van der Waals surface area contributed by atoms with E-state index in [0.717, 1.165) is 24.3 Å². The maximum atomic E-state index is 14.3. The molecule has 1 aliphatic heterocycles. The second kappa shape index (κ2) is 9.09. The van der Waals surface area contributed by atoms with Crippen molar-refractivity contribution < 1.29 is 40.6 Å². The Hall–Kier alpha value is -2.62. The van der Waals surface area contributed by atoms with E-state index in [2.05, 4.69) is 0 Å². The fraction of sp³-hybridized carbons (Fsp3) is 0.409. The van der Waals surface area contributed by atoms with Gasteiger partial charge in [0.25, 0.3) is 0 Å². The quantitative estimate of drug-likeness (QED) is 0.558. The van der Waals surface area contributed by atoms with Crippen molar-refractivity contribution in [3.05, 3.63) is 70.5 Å². The topological polar surface area (TPSA) is 40.5 Å². The number of hydrogen-bond acceptors (Lipinski definition) is 2. The van der Waals surface area contributed by atoms with Crippen molar-refractivity contribution in [1.82, 2.24) is 4.90 Å². The van der Waals surface area contributed by atoms with Gasteiger partial charge in [-0.3, -0.25) is 9.69 Å². The zero-order chi connectivity index (χ0) is 23.7. The molecule has 0 bridgehead atoms. The minimum absolute atomic E-state index is 0.0279. The zero-order valence-electron chi connectivity index (χ0n) is 16.7. The molecule has 0 unspecified atom stereocenters. The molecule has 2 aromatic carbocycles. The molecule has 0 radical (unpaired) electrons. The molecule has 2 aromatic rings. The van der Waals surface area contributed by atoms with Crippen LogP contribution in [0.15, 0.2) is 42.5 Å². The van der Waals surface area contributed by atoms with Crippen LogP contribution in [0.25, 0.3) is 0 Å². The van der Waals surface area contributed by atoms with Crippen molar-refractivity contribution in [3.8, 4) is 0 Å². The number of likely N-dealkylation sites (tertiary alicyclic amines) is 1. The van der Waals surface area contributed by atoms with Crippen molar-refractivity contribution in [3.63, 3.8) is 0 Å². The van der Waals surface area contributed by atoms with Crippen LogP contribution in [0.5, 0.6) is 0 Å². The first-order chi connectivity index (χ1) is 14.8. The SMILES string of the molecule is O=C(O)C[C@H]1C[C@H](c2ccc(C(F)(F)F)cc2)CN(Cc2ccc(C(F)(F)F)cc2F)C1. The first-order valence-electron chi connectivity index (χ1n) is 9.80. The van der Waals surface area contributed by atoms with E-state index in [-0.39, 0.29) is 36.9 Å². The first kappa shape index (κ1) is 24.0. The number of carbonyl (C=O) groups is 1. The predicted octanol–water partition coefficient (Wildman–Crippen LogP) is 5.94. The van der Waals surface area contributed by atoms with Crippen LogP contribution >= 0.6 is 0 Å². The number of carboxylic acid groups (broad SMARTS) is 1. The van der Waals surface area contributed by atoms with E-state index in [1.807, 2.05) is 0 Å². The number of benzene rings is 2. The van der Waals surface area contributed by atoms with Gasteiger partial charge in [-0.05, 0) is 48.1 Å². The van der Waals surface area contributed by atoms with Crippen molar-refractivity contribution in [1.29, 1.82) is 0 Å². The average Bonchev–Trinajstić information content (AvgIpc) is 2.67. The summed E-state index contributed by atoms with van der Waals surface area (Å²) in [5.74, 6) is -2.70. The number of nitrogens with zero attached hydrogens (tertiary/aromatic N) is 1. The van der Waals surface area contributed by atoms with Gasteiger partial charge in [0, 0.05) is 31.6 Å². The summed E-state index contributed by atoms with van der Waals surface area (Å²) < 4.78 is 91.1. The number of piperidine rings is 1. The third-order valence-electron chi connectivity index (χ3n) is 5.56. The zero-order valence-corrected chi connectivity index (χ0v) is 16.7. The molecule has 1 aliphatic rings. The number of rotatable bonds is 5. The molecule has 0 saturated carbocycles. The lowest BCUT2D eigenvalue weighted by Gasteiger charge is -2.38. The number of aliphatic carboxylic acids is 1. The predicted molar refractivity (Wildman–Crippen MR) is 101 cm³/mol. The minimum Gasteiger partial charge on any atom is -0.481 e. The monoisotopic (exact) mass is 463 g/mol. The van der Waals surface area contributed by atoms with E-state index in [0.29, 0.717) is 24.6 Å². The van der Waals surface area contributed by atoms with E-state index in [4.69, 9.17) is 5.11 Å². The van der Waals surface area contributed by atoms with E-state index >= 15 is 0 Å². The Kier molecular flexibility index (Phi) is 6.83. The molecule has 174 valence electrons. The van der Waals surface area contributed by atoms with Crippen molar-refractivity contribution in [2.45, 2.75) is 37.7 Å². The summed E-state index contributed by atoms with van der Waals surface area (Å²) in [5.41, 5.74) is -1.29. The highest BCUT2D eigenvalue weighted by atomic mass is 19.4. The maximum absolute atomic E-state index is 14.3.